The topological polar surface area (TPSA) is 62.4 Å². The molecule has 0 aromatic heterocycles. The fourth-order valence-electron chi connectivity index (χ4n) is 2.00. The molecule has 5 nitrogen and oxygen atoms in total. The number of nitrogens with one attached hydrogen (secondary N) is 3. The van der Waals surface area contributed by atoms with Crippen molar-refractivity contribution < 1.29 is 9.53 Å². The molecule has 6 heteroatoms. The summed E-state index contributed by atoms with van der Waals surface area (Å²) >= 11 is 5.10. The Bertz CT molecular complexity index is 677. The number of thiocarbonyl (C=S) groups is 1. The van der Waals surface area contributed by atoms with Crippen LogP contribution in [0.25, 0.3) is 0 Å². The second-order valence-corrected chi connectivity index (χ2v) is 5.67. The minimum atomic E-state index is -0.139. The zero-order chi connectivity index (χ0) is 17.2. The van der Waals surface area contributed by atoms with Gasteiger partial charge in [-0.05, 0) is 55.4 Å². The van der Waals surface area contributed by atoms with E-state index in [0.29, 0.717) is 24.6 Å². The van der Waals surface area contributed by atoms with E-state index >= 15 is 0 Å². The van der Waals surface area contributed by atoms with Crippen LogP contribution in [0, 0.1) is 6.92 Å². The third-order valence-electron chi connectivity index (χ3n) is 3.15. The van der Waals surface area contributed by atoms with E-state index in [1.54, 1.807) is 0 Å². The molecule has 2 aromatic rings. The molecule has 0 aliphatic rings. The number of benzene rings is 2. The number of hydrogen-bond acceptors (Lipinski definition) is 3. The summed E-state index contributed by atoms with van der Waals surface area (Å²) < 4.78 is 5.60. The van der Waals surface area contributed by atoms with Gasteiger partial charge in [0, 0.05) is 12.1 Å². The van der Waals surface area contributed by atoms with E-state index < -0.39 is 0 Å². The Morgan fingerprint density at radius 3 is 2.62 bits per heavy atom. The summed E-state index contributed by atoms with van der Waals surface area (Å²) in [6.07, 6.45) is 0.979. The van der Waals surface area contributed by atoms with Gasteiger partial charge in [0.05, 0.1) is 6.61 Å². The number of hydrogen-bond donors (Lipinski definition) is 3. The van der Waals surface area contributed by atoms with Crippen LogP contribution in [0.2, 0.25) is 0 Å². The van der Waals surface area contributed by atoms with Crippen molar-refractivity contribution >= 4 is 28.9 Å². The maximum absolute atomic E-state index is 11.7. The molecule has 0 fully saturated rings. The van der Waals surface area contributed by atoms with Crippen molar-refractivity contribution in [2.45, 2.75) is 19.8 Å². The first-order valence-corrected chi connectivity index (χ1v) is 8.14. The second-order valence-electron chi connectivity index (χ2n) is 5.26. The minimum Gasteiger partial charge on any atom is -0.494 e. The van der Waals surface area contributed by atoms with Gasteiger partial charge in [-0.25, -0.2) is 0 Å². The number of rotatable bonds is 6. The molecule has 2 aromatic carbocycles. The van der Waals surface area contributed by atoms with Crippen LogP contribution < -0.4 is 20.9 Å². The summed E-state index contributed by atoms with van der Waals surface area (Å²) in [5.74, 6) is 0.682. The minimum absolute atomic E-state index is 0.139. The zero-order valence-electron chi connectivity index (χ0n) is 13.5. The first-order valence-electron chi connectivity index (χ1n) is 7.74. The zero-order valence-corrected chi connectivity index (χ0v) is 14.4. The maximum Gasteiger partial charge on any atom is 0.238 e. The Hall–Kier alpha value is -2.60. The lowest BCUT2D eigenvalue weighted by molar-refractivity contribution is -0.121. The molecular formula is C18H21N3O2S. The van der Waals surface area contributed by atoms with Crippen LogP contribution in [0.4, 0.5) is 5.69 Å². The summed E-state index contributed by atoms with van der Waals surface area (Å²) in [4.78, 5) is 11.7. The van der Waals surface area contributed by atoms with Crippen LogP contribution in [-0.4, -0.2) is 17.6 Å². The molecule has 24 heavy (non-hydrogen) atoms. The Morgan fingerprint density at radius 1 is 1.08 bits per heavy atom. The number of ether oxygens (including phenoxy) is 1. The molecule has 0 spiro atoms. The normalized spacial score (nSPS) is 9.88. The van der Waals surface area contributed by atoms with Gasteiger partial charge in [-0.3, -0.25) is 15.6 Å². The van der Waals surface area contributed by atoms with Crippen molar-refractivity contribution in [2.24, 2.45) is 0 Å². The Balaban J connectivity index is 1.59. The summed E-state index contributed by atoms with van der Waals surface area (Å²) in [5, 5.41) is 3.31. The molecule has 0 bridgehead atoms. The third-order valence-corrected chi connectivity index (χ3v) is 3.36. The maximum atomic E-state index is 11.7. The summed E-state index contributed by atoms with van der Waals surface area (Å²) in [7, 11) is 0. The molecule has 0 heterocycles. The molecule has 0 saturated heterocycles. The highest BCUT2D eigenvalue weighted by Gasteiger charge is 2.03. The van der Waals surface area contributed by atoms with Gasteiger partial charge in [-0.2, -0.15) is 0 Å². The van der Waals surface area contributed by atoms with Gasteiger partial charge in [-0.1, -0.05) is 30.3 Å². The molecule has 0 saturated carbocycles. The van der Waals surface area contributed by atoms with Crippen LogP contribution >= 0.6 is 12.2 Å². The summed E-state index contributed by atoms with van der Waals surface area (Å²) in [6, 6.07) is 17.3. The lowest BCUT2D eigenvalue weighted by Crippen LogP contribution is -2.43. The van der Waals surface area contributed by atoms with E-state index in [4.69, 9.17) is 17.0 Å². The molecule has 3 N–H and O–H groups in total. The number of carbonyl (C=O) groups excluding carboxylic acids is 1. The monoisotopic (exact) mass is 343 g/mol. The highest BCUT2D eigenvalue weighted by Crippen LogP contribution is 2.12. The number of amides is 1. The molecule has 2 rings (SSSR count). The predicted octanol–water partition coefficient (Wildman–Crippen LogP) is 3.17. The average Bonchev–Trinajstić information content (AvgIpc) is 2.58. The first-order chi connectivity index (χ1) is 11.6. The van der Waals surface area contributed by atoms with Crippen molar-refractivity contribution in [3.63, 3.8) is 0 Å². The van der Waals surface area contributed by atoms with Crippen LogP contribution in [-0.2, 0) is 4.79 Å². The number of para-hydroxylation sites is 1. The molecule has 126 valence electrons. The number of anilines is 1. The van der Waals surface area contributed by atoms with E-state index in [2.05, 4.69) is 16.2 Å². The van der Waals surface area contributed by atoms with E-state index in [1.807, 2.05) is 61.5 Å². The van der Waals surface area contributed by atoms with Gasteiger partial charge in [0.15, 0.2) is 5.11 Å². The Kier molecular flexibility index (Phi) is 7.04. The second kappa shape index (κ2) is 9.52. The first kappa shape index (κ1) is 17.7. The SMILES string of the molecule is Cc1cccc(OCCCC(=O)NNC(=S)Nc2ccccc2)c1. The number of carbonyl (C=O) groups is 1. The lowest BCUT2D eigenvalue weighted by Gasteiger charge is -2.11. The molecule has 0 radical (unpaired) electrons. The Morgan fingerprint density at radius 2 is 1.88 bits per heavy atom. The number of aryl methyl sites for hydroxylation is 1. The van der Waals surface area contributed by atoms with Crippen molar-refractivity contribution in [3.8, 4) is 5.75 Å². The molecule has 0 unspecified atom stereocenters. The highest BCUT2D eigenvalue weighted by atomic mass is 32.1. The van der Waals surface area contributed by atoms with Gasteiger partial charge in [-0.15, -0.1) is 0 Å². The highest BCUT2D eigenvalue weighted by molar-refractivity contribution is 7.80. The standard InChI is InChI=1S/C18H21N3O2S/c1-14-7-5-10-16(13-14)23-12-6-11-17(22)20-21-18(24)19-15-8-3-2-4-9-15/h2-5,7-10,13H,6,11-12H2,1H3,(H,20,22)(H2,19,21,24). The van der Waals surface area contributed by atoms with Gasteiger partial charge in [0.1, 0.15) is 5.75 Å². The summed E-state index contributed by atoms with van der Waals surface area (Å²) in [5.41, 5.74) is 7.24. The van der Waals surface area contributed by atoms with Gasteiger partial charge >= 0.3 is 0 Å². The van der Waals surface area contributed by atoms with Crippen molar-refractivity contribution in [2.75, 3.05) is 11.9 Å². The third kappa shape index (κ3) is 6.66. The van der Waals surface area contributed by atoms with Gasteiger partial charge < -0.3 is 10.1 Å². The molecule has 0 atom stereocenters. The summed E-state index contributed by atoms with van der Waals surface area (Å²) in [6.45, 7) is 2.50. The smallest absolute Gasteiger partial charge is 0.238 e. The Labute approximate surface area is 147 Å². The quantitative estimate of drug-likeness (QED) is 0.427. The van der Waals surface area contributed by atoms with Gasteiger partial charge in [0.2, 0.25) is 5.91 Å². The van der Waals surface area contributed by atoms with E-state index in [0.717, 1.165) is 17.0 Å². The number of hydrazine groups is 1. The largest absolute Gasteiger partial charge is 0.494 e. The molecule has 0 aliphatic heterocycles. The van der Waals surface area contributed by atoms with Crippen molar-refractivity contribution in [1.82, 2.24) is 10.9 Å². The molecular weight excluding hydrogens is 322 g/mol. The van der Waals surface area contributed by atoms with E-state index in [-0.39, 0.29) is 5.91 Å². The van der Waals surface area contributed by atoms with Crippen LogP contribution in [0.15, 0.2) is 54.6 Å². The van der Waals surface area contributed by atoms with Crippen molar-refractivity contribution in [3.05, 3.63) is 60.2 Å². The fourth-order valence-corrected chi connectivity index (χ4v) is 2.17. The average molecular weight is 343 g/mol. The van der Waals surface area contributed by atoms with E-state index in [9.17, 15) is 4.79 Å². The fraction of sp³-hybridized carbons (Fsp3) is 0.222. The van der Waals surface area contributed by atoms with E-state index in [1.165, 1.54) is 0 Å². The molecule has 1 amide bonds. The molecule has 0 aliphatic carbocycles. The lowest BCUT2D eigenvalue weighted by atomic mass is 10.2. The van der Waals surface area contributed by atoms with Gasteiger partial charge in [0.25, 0.3) is 0 Å². The predicted molar refractivity (Wildman–Crippen MR) is 99.8 cm³/mol. The van der Waals surface area contributed by atoms with Crippen LogP contribution in [0.3, 0.4) is 0 Å². The van der Waals surface area contributed by atoms with Crippen LogP contribution in [0.5, 0.6) is 5.75 Å². The van der Waals surface area contributed by atoms with Crippen LogP contribution in [0.1, 0.15) is 18.4 Å². The van der Waals surface area contributed by atoms with Crippen molar-refractivity contribution in [1.29, 1.82) is 0 Å².